The first-order chi connectivity index (χ1) is 10.3. The first-order valence-electron chi connectivity index (χ1n) is 6.41. The fraction of sp³-hybridized carbons (Fsp3) is 0.333. The van der Waals surface area contributed by atoms with Crippen molar-refractivity contribution >= 4 is 22.9 Å². The van der Waals surface area contributed by atoms with E-state index in [1.807, 2.05) is 20.8 Å². The van der Waals surface area contributed by atoms with Gasteiger partial charge in [-0.05, 0) is 12.1 Å². The van der Waals surface area contributed by atoms with Crippen LogP contribution in [0.3, 0.4) is 0 Å². The molecule has 0 saturated heterocycles. The lowest BCUT2D eigenvalue weighted by atomic mass is 9.98. The summed E-state index contributed by atoms with van der Waals surface area (Å²) in [7, 11) is 0. The molecule has 0 N–H and O–H groups in total. The second kappa shape index (κ2) is 6.11. The van der Waals surface area contributed by atoms with Gasteiger partial charge in [-0.3, -0.25) is 4.79 Å². The summed E-state index contributed by atoms with van der Waals surface area (Å²) in [5, 5.41) is 4.85. The molecule has 1 aromatic carbocycles. The molecule has 1 aromatic heterocycles. The van der Waals surface area contributed by atoms with E-state index in [-0.39, 0.29) is 28.5 Å². The molecule has 0 aliphatic heterocycles. The van der Waals surface area contributed by atoms with Crippen LogP contribution >= 0.6 is 22.9 Å². The number of ether oxygens (including phenoxy) is 1. The monoisotopic (exact) mass is 340 g/mol. The maximum absolute atomic E-state index is 14.6. The molecule has 0 aliphatic carbocycles. The summed E-state index contributed by atoms with van der Waals surface area (Å²) in [6.07, 6.45) is 5.09. The van der Waals surface area contributed by atoms with E-state index in [0.29, 0.717) is 5.01 Å². The van der Waals surface area contributed by atoms with Crippen molar-refractivity contribution in [2.75, 3.05) is 6.61 Å². The summed E-state index contributed by atoms with van der Waals surface area (Å²) in [4.78, 5) is 11.7. The van der Waals surface area contributed by atoms with E-state index in [1.54, 1.807) is 0 Å². The molecule has 0 atom stereocenters. The Balaban J connectivity index is 2.60. The molecule has 0 fully saturated rings. The zero-order chi connectivity index (χ0) is 16.5. The minimum atomic E-state index is -0.768. The van der Waals surface area contributed by atoms with E-state index >= 15 is 0 Å². The summed E-state index contributed by atoms with van der Waals surface area (Å²) in [6, 6.07) is 2.80. The van der Waals surface area contributed by atoms with Crippen LogP contribution < -0.4 is 9.61 Å². The highest BCUT2D eigenvalue weighted by Crippen LogP contribution is 2.31. The zero-order valence-electron chi connectivity index (χ0n) is 12.3. The van der Waals surface area contributed by atoms with Gasteiger partial charge in [0.15, 0.2) is 11.6 Å². The third-order valence-corrected chi connectivity index (χ3v) is 4.28. The first-order valence-corrected chi connectivity index (χ1v) is 7.60. The molecular formula is C15H14ClFN2O2S. The van der Waals surface area contributed by atoms with Crippen LogP contribution in [0.25, 0.3) is 5.69 Å². The van der Waals surface area contributed by atoms with Crippen molar-refractivity contribution in [3.63, 3.8) is 0 Å². The molecule has 7 heteroatoms. The second-order valence-electron chi connectivity index (χ2n) is 5.54. The number of aromatic nitrogens is 2. The Kier molecular flexibility index (Phi) is 4.59. The quantitative estimate of drug-likeness (QED) is 0.804. The molecule has 22 heavy (non-hydrogen) atoms. The largest absolute Gasteiger partial charge is 0.478 e. The van der Waals surface area contributed by atoms with Gasteiger partial charge in [0.2, 0.25) is 0 Å². The van der Waals surface area contributed by atoms with Gasteiger partial charge < -0.3 is 4.74 Å². The number of terminal acetylenes is 1. The van der Waals surface area contributed by atoms with Gasteiger partial charge in [-0.1, -0.05) is 49.6 Å². The molecule has 0 unspecified atom stereocenters. The van der Waals surface area contributed by atoms with Crippen molar-refractivity contribution in [1.82, 2.24) is 9.78 Å². The molecule has 2 rings (SSSR count). The fourth-order valence-electron chi connectivity index (χ4n) is 1.67. The Bertz CT molecular complexity index is 799. The molecule has 4 nitrogen and oxygen atoms in total. The van der Waals surface area contributed by atoms with E-state index < -0.39 is 10.7 Å². The van der Waals surface area contributed by atoms with Gasteiger partial charge in [-0.15, -0.1) is 6.42 Å². The Hall–Kier alpha value is -1.84. The highest BCUT2D eigenvalue weighted by atomic mass is 35.5. The molecule has 2 aromatic rings. The van der Waals surface area contributed by atoms with E-state index in [0.717, 1.165) is 16.0 Å². The van der Waals surface area contributed by atoms with Crippen molar-refractivity contribution in [3.8, 4) is 23.8 Å². The zero-order valence-corrected chi connectivity index (χ0v) is 13.9. The topological polar surface area (TPSA) is 44.1 Å². The number of hydrogen-bond acceptors (Lipinski definition) is 4. The third-order valence-electron chi connectivity index (χ3n) is 2.74. The lowest BCUT2D eigenvalue weighted by molar-refractivity contribution is 0.347. The Labute approximate surface area is 136 Å². The summed E-state index contributed by atoms with van der Waals surface area (Å²) < 4.78 is 20.6. The van der Waals surface area contributed by atoms with E-state index in [9.17, 15) is 9.18 Å². The van der Waals surface area contributed by atoms with Gasteiger partial charge in [-0.2, -0.15) is 9.78 Å². The SMILES string of the molecule is C#CCOc1ccc(Cl)c(-n2nc(C(C)(C)C)sc2=O)c1F. The van der Waals surface area contributed by atoms with Crippen LogP contribution in [0.1, 0.15) is 25.8 Å². The van der Waals surface area contributed by atoms with Gasteiger partial charge in [0.25, 0.3) is 0 Å². The number of benzene rings is 1. The number of halogens is 2. The number of nitrogens with zero attached hydrogens (tertiary/aromatic N) is 2. The molecule has 0 spiro atoms. The lowest BCUT2D eigenvalue weighted by Crippen LogP contribution is -2.16. The van der Waals surface area contributed by atoms with Crippen LogP contribution in [-0.2, 0) is 5.41 Å². The minimum Gasteiger partial charge on any atom is -0.478 e. The van der Waals surface area contributed by atoms with Crippen LogP contribution in [-0.4, -0.2) is 16.4 Å². The van der Waals surface area contributed by atoms with Crippen LogP contribution in [0.4, 0.5) is 4.39 Å². The van der Waals surface area contributed by atoms with E-state index in [2.05, 4.69) is 11.0 Å². The fourth-order valence-corrected chi connectivity index (χ4v) is 2.71. The molecule has 0 amide bonds. The van der Waals surface area contributed by atoms with E-state index in [1.165, 1.54) is 12.1 Å². The first kappa shape index (κ1) is 16.5. The summed E-state index contributed by atoms with van der Waals surface area (Å²) in [5.41, 5.74) is -0.455. The van der Waals surface area contributed by atoms with Crippen molar-refractivity contribution in [2.24, 2.45) is 0 Å². The van der Waals surface area contributed by atoms with Crippen molar-refractivity contribution in [2.45, 2.75) is 26.2 Å². The standard InChI is InChI=1S/C15H14ClFN2O2S/c1-5-8-21-10-7-6-9(16)12(11(10)17)19-14(20)22-13(18-19)15(2,3)4/h1,6-7H,8H2,2-4H3. The second-order valence-corrected chi connectivity index (χ2v) is 6.88. The maximum atomic E-state index is 14.6. The number of rotatable bonds is 3. The van der Waals surface area contributed by atoms with Crippen LogP contribution in [0.15, 0.2) is 16.9 Å². The van der Waals surface area contributed by atoms with Crippen molar-refractivity contribution in [1.29, 1.82) is 0 Å². The van der Waals surface area contributed by atoms with Gasteiger partial charge in [-0.25, -0.2) is 4.39 Å². The smallest absolute Gasteiger partial charge is 0.329 e. The van der Waals surface area contributed by atoms with Gasteiger partial charge in [0.1, 0.15) is 17.3 Å². The average Bonchev–Trinajstić information content (AvgIpc) is 2.80. The van der Waals surface area contributed by atoms with Crippen LogP contribution in [0.2, 0.25) is 5.02 Å². The predicted octanol–water partition coefficient (Wildman–Crippen LogP) is 3.40. The third kappa shape index (κ3) is 3.16. The molecule has 0 radical (unpaired) electrons. The van der Waals surface area contributed by atoms with Crippen molar-refractivity contribution < 1.29 is 9.13 Å². The van der Waals surface area contributed by atoms with E-state index in [4.69, 9.17) is 22.8 Å². The Morgan fingerprint density at radius 3 is 2.73 bits per heavy atom. The Morgan fingerprint density at radius 1 is 1.50 bits per heavy atom. The maximum Gasteiger partial charge on any atom is 0.329 e. The molecular weight excluding hydrogens is 327 g/mol. The minimum absolute atomic E-state index is 0.0680. The van der Waals surface area contributed by atoms with Crippen molar-refractivity contribution in [3.05, 3.63) is 37.6 Å². The molecule has 0 saturated carbocycles. The predicted molar refractivity (Wildman–Crippen MR) is 85.7 cm³/mol. The average molecular weight is 341 g/mol. The summed E-state index contributed by atoms with van der Waals surface area (Å²) in [6.45, 7) is 5.66. The summed E-state index contributed by atoms with van der Waals surface area (Å²) >= 11 is 6.99. The summed E-state index contributed by atoms with van der Waals surface area (Å²) in [5.74, 6) is 1.41. The van der Waals surface area contributed by atoms with Gasteiger partial charge in [0, 0.05) is 5.41 Å². The molecule has 116 valence electrons. The highest BCUT2D eigenvalue weighted by Gasteiger charge is 2.24. The Morgan fingerprint density at radius 2 is 2.18 bits per heavy atom. The normalized spacial score (nSPS) is 11.3. The van der Waals surface area contributed by atoms with Crippen LogP contribution in [0.5, 0.6) is 5.75 Å². The van der Waals surface area contributed by atoms with Gasteiger partial charge >= 0.3 is 4.87 Å². The lowest BCUT2D eigenvalue weighted by Gasteiger charge is -2.13. The van der Waals surface area contributed by atoms with Crippen LogP contribution in [0, 0.1) is 18.2 Å². The highest BCUT2D eigenvalue weighted by molar-refractivity contribution is 7.09. The number of hydrogen-bond donors (Lipinski definition) is 0. The molecule has 0 bridgehead atoms. The molecule has 1 heterocycles. The van der Waals surface area contributed by atoms with Gasteiger partial charge in [0.05, 0.1) is 5.02 Å². The molecule has 0 aliphatic rings.